The molecular weight excluding hydrogens is 174 g/mol. The number of hydrogen-bond acceptors (Lipinski definition) is 1. The van der Waals surface area contributed by atoms with E-state index in [1.807, 2.05) is 6.08 Å². The highest BCUT2D eigenvalue weighted by atomic mass is 16.1. The zero-order chi connectivity index (χ0) is 10.2. The van der Waals surface area contributed by atoms with Gasteiger partial charge in [-0.3, -0.25) is 4.79 Å². The lowest BCUT2D eigenvalue weighted by Gasteiger charge is -2.00. The van der Waals surface area contributed by atoms with E-state index in [1.54, 1.807) is 0 Å². The molecule has 0 unspecified atom stereocenters. The highest BCUT2D eigenvalue weighted by Gasteiger charge is 2.22. The number of amides is 1. The predicted molar refractivity (Wildman–Crippen MR) is 59.0 cm³/mol. The van der Waals surface area contributed by atoms with Crippen molar-refractivity contribution in [2.45, 2.75) is 44.6 Å². The monoisotopic (exact) mass is 193 g/mol. The van der Waals surface area contributed by atoms with Crippen LogP contribution in [0.1, 0.15) is 38.5 Å². The molecule has 0 aliphatic heterocycles. The third-order valence-electron chi connectivity index (χ3n) is 2.19. The van der Waals surface area contributed by atoms with Crippen LogP contribution in [-0.4, -0.2) is 11.9 Å². The molecule has 0 aromatic heterocycles. The summed E-state index contributed by atoms with van der Waals surface area (Å²) in [7, 11) is 0. The molecule has 1 fully saturated rings. The van der Waals surface area contributed by atoms with Gasteiger partial charge in [0.2, 0.25) is 5.91 Å². The van der Waals surface area contributed by atoms with Crippen molar-refractivity contribution in [3.8, 4) is 0 Å². The first-order valence-electron chi connectivity index (χ1n) is 5.38. The Balaban J connectivity index is 1.91. The van der Waals surface area contributed by atoms with Gasteiger partial charge in [-0.2, -0.15) is 0 Å². The molecule has 14 heavy (non-hydrogen) atoms. The van der Waals surface area contributed by atoms with Crippen molar-refractivity contribution in [2.75, 3.05) is 0 Å². The van der Waals surface area contributed by atoms with E-state index in [4.69, 9.17) is 0 Å². The Morgan fingerprint density at radius 2 is 2.21 bits per heavy atom. The van der Waals surface area contributed by atoms with Gasteiger partial charge in [-0.05, 0) is 32.1 Å². The van der Waals surface area contributed by atoms with Crippen molar-refractivity contribution in [2.24, 2.45) is 0 Å². The van der Waals surface area contributed by atoms with E-state index in [0.717, 1.165) is 19.3 Å². The minimum absolute atomic E-state index is 0.213. The van der Waals surface area contributed by atoms with Crippen molar-refractivity contribution < 1.29 is 4.79 Å². The maximum absolute atomic E-state index is 11.2. The molecule has 0 heterocycles. The van der Waals surface area contributed by atoms with Gasteiger partial charge in [-0.25, -0.2) is 0 Å². The Labute approximate surface area is 86.1 Å². The smallest absolute Gasteiger partial charge is 0.220 e. The van der Waals surface area contributed by atoms with Crippen molar-refractivity contribution in [1.29, 1.82) is 0 Å². The maximum atomic E-state index is 11.2. The summed E-state index contributed by atoms with van der Waals surface area (Å²) in [5.41, 5.74) is 0. The second-order valence-corrected chi connectivity index (χ2v) is 3.73. The number of rotatable bonds is 7. The topological polar surface area (TPSA) is 29.1 Å². The molecular formula is C12H19NO. The molecule has 1 saturated carbocycles. The van der Waals surface area contributed by atoms with Gasteiger partial charge in [0.15, 0.2) is 0 Å². The zero-order valence-electron chi connectivity index (χ0n) is 8.67. The number of nitrogens with one attached hydrogen (secondary N) is 1. The molecule has 2 nitrogen and oxygen atoms in total. The molecule has 2 heteroatoms. The van der Waals surface area contributed by atoms with Gasteiger partial charge in [-0.15, -0.1) is 6.58 Å². The van der Waals surface area contributed by atoms with Crippen LogP contribution in [0.5, 0.6) is 0 Å². The standard InChI is InChI=1S/C12H19NO/c1-2-3-4-5-6-7-8-12(14)13-11-9-10-11/h2,4-5,11H,1,3,6-10H2,(H,13,14). The molecule has 1 rings (SSSR count). The lowest BCUT2D eigenvalue weighted by molar-refractivity contribution is -0.121. The van der Waals surface area contributed by atoms with Crippen LogP contribution >= 0.6 is 0 Å². The molecule has 0 aromatic rings. The van der Waals surface area contributed by atoms with E-state index < -0.39 is 0 Å². The van der Waals surface area contributed by atoms with Crippen LogP contribution < -0.4 is 5.32 Å². The summed E-state index contributed by atoms with van der Waals surface area (Å²) in [5.74, 6) is 0.213. The molecule has 0 atom stereocenters. The Morgan fingerprint density at radius 1 is 1.43 bits per heavy atom. The lowest BCUT2D eigenvalue weighted by atomic mass is 10.2. The summed E-state index contributed by atoms with van der Waals surface area (Å²) < 4.78 is 0. The van der Waals surface area contributed by atoms with Crippen LogP contribution in [0.4, 0.5) is 0 Å². The van der Waals surface area contributed by atoms with Gasteiger partial charge in [-0.1, -0.05) is 18.2 Å². The molecule has 1 aliphatic rings. The molecule has 1 amide bonds. The number of unbranched alkanes of at least 4 members (excludes halogenated alkanes) is 1. The van der Waals surface area contributed by atoms with Crippen molar-refractivity contribution in [3.63, 3.8) is 0 Å². The van der Waals surface area contributed by atoms with Crippen LogP contribution in [-0.2, 0) is 4.79 Å². The fourth-order valence-corrected chi connectivity index (χ4v) is 1.22. The quantitative estimate of drug-likeness (QED) is 0.488. The van der Waals surface area contributed by atoms with E-state index >= 15 is 0 Å². The fraction of sp³-hybridized carbons (Fsp3) is 0.583. The van der Waals surface area contributed by atoms with Crippen LogP contribution in [0.2, 0.25) is 0 Å². The van der Waals surface area contributed by atoms with Crippen LogP contribution in [0.15, 0.2) is 24.8 Å². The largest absolute Gasteiger partial charge is 0.353 e. The average molecular weight is 193 g/mol. The van der Waals surface area contributed by atoms with Crippen molar-refractivity contribution >= 4 is 5.91 Å². The minimum atomic E-state index is 0.213. The van der Waals surface area contributed by atoms with E-state index in [9.17, 15) is 4.79 Å². The van der Waals surface area contributed by atoms with Gasteiger partial charge in [0, 0.05) is 12.5 Å². The average Bonchev–Trinajstić information content (AvgIpc) is 2.95. The summed E-state index contributed by atoms with van der Waals surface area (Å²) in [5, 5.41) is 2.98. The van der Waals surface area contributed by atoms with E-state index in [-0.39, 0.29) is 5.91 Å². The summed E-state index contributed by atoms with van der Waals surface area (Å²) in [6, 6.07) is 0.499. The number of carbonyl (C=O) groups excluding carboxylic acids is 1. The number of hydrogen-bond donors (Lipinski definition) is 1. The maximum Gasteiger partial charge on any atom is 0.220 e. The van der Waals surface area contributed by atoms with Gasteiger partial charge >= 0.3 is 0 Å². The second kappa shape index (κ2) is 6.41. The number of allylic oxidation sites excluding steroid dienone is 3. The van der Waals surface area contributed by atoms with Crippen molar-refractivity contribution in [1.82, 2.24) is 5.32 Å². The molecule has 0 bridgehead atoms. The van der Waals surface area contributed by atoms with Crippen LogP contribution in [0.3, 0.4) is 0 Å². The van der Waals surface area contributed by atoms with Crippen LogP contribution in [0.25, 0.3) is 0 Å². The molecule has 0 saturated heterocycles. The third-order valence-corrected chi connectivity index (χ3v) is 2.19. The Kier molecular flexibility index (Phi) is 5.05. The highest BCUT2D eigenvalue weighted by Crippen LogP contribution is 2.18. The van der Waals surface area contributed by atoms with Gasteiger partial charge < -0.3 is 5.32 Å². The van der Waals surface area contributed by atoms with E-state index in [1.165, 1.54) is 12.8 Å². The zero-order valence-corrected chi connectivity index (χ0v) is 8.67. The Hall–Kier alpha value is -1.05. The summed E-state index contributed by atoms with van der Waals surface area (Å²) in [6.45, 7) is 3.63. The van der Waals surface area contributed by atoms with E-state index in [2.05, 4.69) is 24.0 Å². The SMILES string of the molecule is C=CCC=CCCCC(=O)NC1CC1. The summed E-state index contributed by atoms with van der Waals surface area (Å²) in [4.78, 5) is 11.2. The minimum Gasteiger partial charge on any atom is -0.353 e. The second-order valence-electron chi connectivity index (χ2n) is 3.73. The van der Waals surface area contributed by atoms with Gasteiger partial charge in [0.05, 0.1) is 0 Å². The molecule has 78 valence electrons. The fourth-order valence-electron chi connectivity index (χ4n) is 1.22. The first kappa shape index (κ1) is 11.0. The molecule has 0 spiro atoms. The van der Waals surface area contributed by atoms with Gasteiger partial charge in [0.25, 0.3) is 0 Å². The normalized spacial score (nSPS) is 15.7. The first-order valence-corrected chi connectivity index (χ1v) is 5.38. The number of carbonyl (C=O) groups is 1. The lowest BCUT2D eigenvalue weighted by Crippen LogP contribution is -2.24. The van der Waals surface area contributed by atoms with Gasteiger partial charge in [0.1, 0.15) is 0 Å². The van der Waals surface area contributed by atoms with E-state index in [0.29, 0.717) is 12.5 Å². The highest BCUT2D eigenvalue weighted by molar-refractivity contribution is 5.76. The van der Waals surface area contributed by atoms with Crippen molar-refractivity contribution in [3.05, 3.63) is 24.8 Å². The molecule has 1 aliphatic carbocycles. The molecule has 0 aromatic carbocycles. The Morgan fingerprint density at radius 3 is 2.86 bits per heavy atom. The molecule has 1 N–H and O–H groups in total. The molecule has 0 radical (unpaired) electrons. The summed E-state index contributed by atoms with van der Waals surface area (Å²) >= 11 is 0. The Bertz CT molecular complexity index is 216. The summed E-state index contributed by atoms with van der Waals surface area (Å²) in [6.07, 6.45) is 11.9. The first-order chi connectivity index (χ1) is 6.83. The predicted octanol–water partition coefficient (Wildman–Crippen LogP) is 2.57. The third kappa shape index (κ3) is 5.57. The van der Waals surface area contributed by atoms with Crippen LogP contribution in [0, 0.1) is 0 Å².